The average Bonchev–Trinajstić information content (AvgIpc) is 2.27. The van der Waals surface area contributed by atoms with Crippen molar-refractivity contribution in [1.82, 2.24) is 10.6 Å². The summed E-state index contributed by atoms with van der Waals surface area (Å²) in [5, 5.41) is 14.0. The van der Waals surface area contributed by atoms with Crippen molar-refractivity contribution in [3.05, 3.63) is 0 Å². The molecule has 2 amide bonds. The third-order valence-electron chi connectivity index (χ3n) is 2.66. The maximum Gasteiger partial charge on any atom is 0.315 e. The topological polar surface area (TPSA) is 87.7 Å². The highest BCUT2D eigenvalue weighted by atomic mass is 16.5. The Morgan fingerprint density at radius 3 is 2.88 bits per heavy atom. The van der Waals surface area contributed by atoms with Crippen LogP contribution in [0.5, 0.6) is 0 Å². The first-order valence-electron chi connectivity index (χ1n) is 5.94. The zero-order chi connectivity index (χ0) is 12.7. The number of amides is 2. The fraction of sp³-hybridized carbons (Fsp3) is 0.818. The molecule has 2 atom stereocenters. The maximum atomic E-state index is 11.5. The van der Waals surface area contributed by atoms with E-state index in [0.29, 0.717) is 13.0 Å². The van der Waals surface area contributed by atoms with Crippen LogP contribution in [0.4, 0.5) is 4.79 Å². The molecule has 1 heterocycles. The van der Waals surface area contributed by atoms with Gasteiger partial charge in [0.25, 0.3) is 0 Å². The molecule has 6 nitrogen and oxygen atoms in total. The van der Waals surface area contributed by atoms with Gasteiger partial charge in [-0.05, 0) is 26.2 Å². The quantitative estimate of drug-likeness (QED) is 0.665. The summed E-state index contributed by atoms with van der Waals surface area (Å²) in [6.07, 6.45) is 2.38. The zero-order valence-corrected chi connectivity index (χ0v) is 10.1. The molecule has 17 heavy (non-hydrogen) atoms. The van der Waals surface area contributed by atoms with Gasteiger partial charge in [-0.1, -0.05) is 0 Å². The fourth-order valence-corrected chi connectivity index (χ4v) is 1.72. The van der Waals surface area contributed by atoms with Crippen LogP contribution in [0.2, 0.25) is 0 Å². The molecule has 1 aliphatic rings. The van der Waals surface area contributed by atoms with Crippen molar-refractivity contribution in [1.29, 1.82) is 0 Å². The predicted molar refractivity (Wildman–Crippen MR) is 61.8 cm³/mol. The number of urea groups is 1. The number of aliphatic carboxylic acids is 1. The lowest BCUT2D eigenvalue weighted by Gasteiger charge is -2.24. The number of carbonyl (C=O) groups is 2. The van der Waals surface area contributed by atoms with E-state index in [0.717, 1.165) is 19.4 Å². The molecular formula is C11H20N2O4. The molecule has 0 aliphatic carbocycles. The second kappa shape index (κ2) is 7.11. The number of carbonyl (C=O) groups excluding carboxylic acids is 1. The third-order valence-corrected chi connectivity index (χ3v) is 2.66. The van der Waals surface area contributed by atoms with Crippen molar-refractivity contribution in [3.8, 4) is 0 Å². The Bertz CT molecular complexity index is 264. The standard InChI is InChI=1S/C11H20N2O4/c1-8(4-5-10(14)15)12-11(16)13-9-3-2-6-17-7-9/h8-9H,2-7H2,1H3,(H,14,15)(H2,12,13,16). The van der Waals surface area contributed by atoms with Gasteiger partial charge in [0.15, 0.2) is 0 Å². The van der Waals surface area contributed by atoms with Crippen molar-refractivity contribution in [2.24, 2.45) is 0 Å². The number of hydrogen-bond acceptors (Lipinski definition) is 3. The molecule has 0 aromatic rings. The van der Waals surface area contributed by atoms with Gasteiger partial charge >= 0.3 is 12.0 Å². The largest absolute Gasteiger partial charge is 0.481 e. The predicted octanol–water partition coefficient (Wildman–Crippen LogP) is 0.718. The first-order chi connectivity index (χ1) is 8.08. The van der Waals surface area contributed by atoms with Crippen LogP contribution in [-0.4, -0.2) is 42.4 Å². The van der Waals surface area contributed by atoms with E-state index in [-0.39, 0.29) is 24.5 Å². The first kappa shape index (κ1) is 13.8. The van der Waals surface area contributed by atoms with Crippen LogP contribution < -0.4 is 10.6 Å². The van der Waals surface area contributed by atoms with Crippen LogP contribution in [0.25, 0.3) is 0 Å². The monoisotopic (exact) mass is 244 g/mol. The number of ether oxygens (including phenoxy) is 1. The molecule has 1 rings (SSSR count). The highest BCUT2D eigenvalue weighted by Gasteiger charge is 2.17. The maximum absolute atomic E-state index is 11.5. The van der Waals surface area contributed by atoms with Gasteiger partial charge in [0, 0.05) is 19.1 Å². The highest BCUT2D eigenvalue weighted by molar-refractivity contribution is 5.74. The SMILES string of the molecule is CC(CCC(=O)O)NC(=O)NC1CCCOC1. The van der Waals surface area contributed by atoms with Crippen molar-refractivity contribution in [2.75, 3.05) is 13.2 Å². The zero-order valence-electron chi connectivity index (χ0n) is 10.1. The van der Waals surface area contributed by atoms with Gasteiger partial charge in [0.1, 0.15) is 0 Å². The minimum atomic E-state index is -0.847. The molecule has 0 bridgehead atoms. The summed E-state index contributed by atoms with van der Waals surface area (Å²) < 4.78 is 5.25. The fourth-order valence-electron chi connectivity index (χ4n) is 1.72. The Kier molecular flexibility index (Phi) is 5.76. The molecule has 0 spiro atoms. The summed E-state index contributed by atoms with van der Waals surface area (Å²) in [7, 11) is 0. The second-order valence-electron chi connectivity index (χ2n) is 4.37. The molecular weight excluding hydrogens is 224 g/mol. The smallest absolute Gasteiger partial charge is 0.315 e. The molecule has 0 radical (unpaired) electrons. The average molecular weight is 244 g/mol. The van der Waals surface area contributed by atoms with Gasteiger partial charge in [-0.2, -0.15) is 0 Å². The highest BCUT2D eigenvalue weighted by Crippen LogP contribution is 2.05. The molecule has 0 saturated carbocycles. The van der Waals surface area contributed by atoms with E-state index >= 15 is 0 Å². The Balaban J connectivity index is 2.16. The van der Waals surface area contributed by atoms with Crippen molar-refractivity contribution >= 4 is 12.0 Å². The summed E-state index contributed by atoms with van der Waals surface area (Å²) in [6.45, 7) is 3.10. The Labute approximate surface area is 101 Å². The number of hydrogen-bond donors (Lipinski definition) is 3. The number of nitrogens with one attached hydrogen (secondary N) is 2. The summed E-state index contributed by atoms with van der Waals surface area (Å²) in [4.78, 5) is 21.9. The summed E-state index contributed by atoms with van der Waals surface area (Å²) in [5.74, 6) is -0.847. The number of carboxylic acid groups (broad SMARTS) is 1. The number of carboxylic acids is 1. The molecule has 0 aromatic carbocycles. The van der Waals surface area contributed by atoms with Gasteiger partial charge in [-0.3, -0.25) is 4.79 Å². The van der Waals surface area contributed by atoms with E-state index in [1.165, 1.54) is 0 Å². The van der Waals surface area contributed by atoms with E-state index in [1.807, 2.05) is 0 Å². The van der Waals surface area contributed by atoms with Crippen molar-refractivity contribution in [2.45, 2.75) is 44.7 Å². The summed E-state index contributed by atoms with van der Waals surface area (Å²) >= 11 is 0. The molecule has 3 N–H and O–H groups in total. The van der Waals surface area contributed by atoms with Crippen molar-refractivity contribution in [3.63, 3.8) is 0 Å². The van der Waals surface area contributed by atoms with E-state index < -0.39 is 5.97 Å². The van der Waals surface area contributed by atoms with Crippen molar-refractivity contribution < 1.29 is 19.4 Å². The van der Waals surface area contributed by atoms with E-state index in [9.17, 15) is 9.59 Å². The lowest BCUT2D eigenvalue weighted by Crippen LogP contribution is -2.48. The van der Waals surface area contributed by atoms with E-state index in [4.69, 9.17) is 9.84 Å². The Morgan fingerprint density at radius 2 is 2.29 bits per heavy atom. The van der Waals surface area contributed by atoms with Gasteiger partial charge in [0.2, 0.25) is 0 Å². The van der Waals surface area contributed by atoms with E-state index in [1.54, 1.807) is 6.92 Å². The summed E-state index contributed by atoms with van der Waals surface area (Å²) in [5.41, 5.74) is 0. The summed E-state index contributed by atoms with van der Waals surface area (Å²) in [6, 6.07) is -0.329. The molecule has 1 aliphatic heterocycles. The van der Waals surface area contributed by atoms with Crippen LogP contribution in [0, 0.1) is 0 Å². The van der Waals surface area contributed by atoms with Crippen LogP contribution >= 0.6 is 0 Å². The Morgan fingerprint density at radius 1 is 1.53 bits per heavy atom. The minimum absolute atomic E-state index is 0.0635. The minimum Gasteiger partial charge on any atom is -0.481 e. The van der Waals surface area contributed by atoms with Gasteiger partial charge in [0.05, 0.1) is 12.6 Å². The third kappa shape index (κ3) is 6.11. The van der Waals surface area contributed by atoms with Crippen LogP contribution in [0.1, 0.15) is 32.6 Å². The molecule has 6 heteroatoms. The second-order valence-corrected chi connectivity index (χ2v) is 4.37. The lowest BCUT2D eigenvalue weighted by molar-refractivity contribution is -0.137. The Hall–Kier alpha value is -1.30. The van der Waals surface area contributed by atoms with Crippen LogP contribution in [0.3, 0.4) is 0 Å². The van der Waals surface area contributed by atoms with Crippen LogP contribution in [0.15, 0.2) is 0 Å². The van der Waals surface area contributed by atoms with E-state index in [2.05, 4.69) is 10.6 Å². The van der Waals surface area contributed by atoms with Gasteiger partial charge in [-0.25, -0.2) is 4.79 Å². The molecule has 0 aromatic heterocycles. The molecule has 98 valence electrons. The van der Waals surface area contributed by atoms with Crippen LogP contribution in [-0.2, 0) is 9.53 Å². The normalized spacial score (nSPS) is 21.6. The molecule has 1 saturated heterocycles. The molecule has 1 fully saturated rings. The number of rotatable bonds is 5. The van der Waals surface area contributed by atoms with Gasteiger partial charge < -0.3 is 20.5 Å². The lowest BCUT2D eigenvalue weighted by atomic mass is 10.1. The first-order valence-corrected chi connectivity index (χ1v) is 5.94. The van der Waals surface area contributed by atoms with Gasteiger partial charge in [-0.15, -0.1) is 0 Å². The molecule has 2 unspecified atom stereocenters.